The Bertz CT molecular complexity index is 1010. The molecule has 24 heavy (non-hydrogen) atoms. The molecule has 124 valence electrons. The Morgan fingerprint density at radius 2 is 1.83 bits per heavy atom. The summed E-state index contributed by atoms with van der Waals surface area (Å²) in [5, 5.41) is 4.20. The van der Waals surface area contributed by atoms with E-state index in [1.54, 1.807) is 19.3 Å². The highest BCUT2D eigenvalue weighted by molar-refractivity contribution is 7.89. The Hall–Kier alpha value is -2.74. The highest BCUT2D eigenvalue weighted by Crippen LogP contribution is 2.10. The number of hydrogen-bond donors (Lipinski definition) is 0. The molecule has 3 aromatic rings. The van der Waals surface area contributed by atoms with E-state index < -0.39 is 9.84 Å². The fourth-order valence-electron chi connectivity index (χ4n) is 2.25. The lowest BCUT2D eigenvalue weighted by Crippen LogP contribution is -2.17. The highest BCUT2D eigenvalue weighted by Gasteiger charge is 2.17. The minimum atomic E-state index is -3.47. The van der Waals surface area contributed by atoms with Gasteiger partial charge in [0.2, 0.25) is 0 Å². The first-order valence-corrected chi connectivity index (χ1v) is 9.07. The van der Waals surface area contributed by atoms with Gasteiger partial charge in [0.1, 0.15) is 12.1 Å². The van der Waals surface area contributed by atoms with Crippen LogP contribution in [0.15, 0.2) is 59.8 Å². The Morgan fingerprint density at radius 3 is 2.54 bits per heavy atom. The van der Waals surface area contributed by atoms with Gasteiger partial charge in [-0.3, -0.25) is 4.79 Å². The molecule has 1 aromatic carbocycles. The lowest BCUT2D eigenvalue weighted by atomic mass is 10.3. The maximum Gasteiger partial charge on any atom is 0.250 e. The van der Waals surface area contributed by atoms with Crippen molar-refractivity contribution in [2.45, 2.75) is 11.5 Å². The van der Waals surface area contributed by atoms with E-state index in [1.807, 2.05) is 30.3 Å². The molecular weight excluding hydrogens is 328 g/mol. The van der Waals surface area contributed by atoms with Crippen molar-refractivity contribution in [2.24, 2.45) is 7.05 Å². The van der Waals surface area contributed by atoms with Crippen molar-refractivity contribution in [3.63, 3.8) is 0 Å². The second-order valence-corrected chi connectivity index (χ2v) is 7.52. The van der Waals surface area contributed by atoms with Gasteiger partial charge in [-0.15, -0.1) is 0 Å². The van der Waals surface area contributed by atoms with Gasteiger partial charge in [0, 0.05) is 19.3 Å². The fourth-order valence-corrected chi connectivity index (χ4v) is 3.56. The molecule has 0 unspecified atom stereocenters. The van der Waals surface area contributed by atoms with E-state index in [4.69, 9.17) is 0 Å². The smallest absolute Gasteiger partial charge is 0.250 e. The lowest BCUT2D eigenvalue weighted by molar-refractivity contribution is 0.592. The van der Waals surface area contributed by atoms with Gasteiger partial charge >= 0.3 is 0 Å². The molecule has 0 amide bonds. The number of pyridine rings is 1. The van der Waals surface area contributed by atoms with Crippen LogP contribution in [0.1, 0.15) is 11.4 Å². The zero-order valence-corrected chi connectivity index (χ0v) is 13.8. The minimum absolute atomic E-state index is 0.219. The summed E-state index contributed by atoms with van der Waals surface area (Å²) in [5.74, 6) is -0.270. The molecule has 0 radical (unpaired) electrons. The average molecular weight is 344 g/mol. The molecule has 0 aliphatic heterocycles. The quantitative estimate of drug-likeness (QED) is 0.691. The van der Waals surface area contributed by atoms with Crippen LogP contribution in [-0.4, -0.2) is 27.7 Å². The number of para-hydroxylation sites is 1. The maximum atomic E-state index is 12.3. The first-order valence-electron chi connectivity index (χ1n) is 7.25. The molecule has 0 atom stereocenters. The summed E-state index contributed by atoms with van der Waals surface area (Å²) in [5.41, 5.74) is 1.02. The molecule has 7 nitrogen and oxygen atoms in total. The molecule has 2 heterocycles. The Kier molecular flexibility index (Phi) is 4.30. The molecule has 0 saturated carbocycles. The third kappa shape index (κ3) is 3.77. The van der Waals surface area contributed by atoms with E-state index in [1.165, 1.54) is 21.6 Å². The molecular formula is C16H16N4O3S. The maximum absolute atomic E-state index is 12.3. The standard InChI is InChI=1S/C16H16N4O3S/c1-19-8-7-13(9-16(19)21)10-24(22,23)11-15-17-12-20(18-15)14-5-3-2-4-6-14/h2-9,12H,10-11H2,1H3. The van der Waals surface area contributed by atoms with Crippen molar-refractivity contribution in [2.75, 3.05) is 0 Å². The van der Waals surface area contributed by atoms with Crippen LogP contribution in [0.3, 0.4) is 0 Å². The van der Waals surface area contributed by atoms with Gasteiger partial charge in [-0.2, -0.15) is 5.10 Å². The summed E-state index contributed by atoms with van der Waals surface area (Å²) in [6.45, 7) is 0. The number of nitrogens with zero attached hydrogens (tertiary/aromatic N) is 4. The normalized spacial score (nSPS) is 11.5. The van der Waals surface area contributed by atoms with Crippen LogP contribution >= 0.6 is 0 Å². The molecule has 0 saturated heterocycles. The van der Waals surface area contributed by atoms with Crippen molar-refractivity contribution >= 4 is 9.84 Å². The number of sulfone groups is 1. The molecule has 8 heteroatoms. The van der Waals surface area contributed by atoms with Crippen molar-refractivity contribution in [1.29, 1.82) is 0 Å². The fraction of sp³-hybridized carbons (Fsp3) is 0.188. The number of hydrogen-bond acceptors (Lipinski definition) is 5. The van der Waals surface area contributed by atoms with Gasteiger partial charge in [0.05, 0.1) is 11.4 Å². The van der Waals surface area contributed by atoms with E-state index in [-0.39, 0.29) is 22.9 Å². The first-order chi connectivity index (χ1) is 11.4. The topological polar surface area (TPSA) is 86.8 Å². The number of aryl methyl sites for hydroxylation is 1. The van der Waals surface area contributed by atoms with Crippen molar-refractivity contribution < 1.29 is 8.42 Å². The molecule has 0 fully saturated rings. The van der Waals surface area contributed by atoms with Gasteiger partial charge in [0.25, 0.3) is 5.56 Å². The third-order valence-corrected chi connectivity index (χ3v) is 4.94. The second kappa shape index (κ2) is 6.40. The Balaban J connectivity index is 1.76. The van der Waals surface area contributed by atoms with Crippen LogP contribution in [-0.2, 0) is 28.4 Å². The predicted octanol–water partition coefficient (Wildman–Crippen LogP) is 1.08. The summed E-state index contributed by atoms with van der Waals surface area (Å²) in [6, 6.07) is 12.3. The molecule has 2 aromatic heterocycles. The van der Waals surface area contributed by atoms with Crippen molar-refractivity contribution in [3.05, 3.63) is 76.7 Å². The summed E-state index contributed by atoms with van der Waals surface area (Å²) in [4.78, 5) is 15.6. The van der Waals surface area contributed by atoms with Gasteiger partial charge in [0.15, 0.2) is 15.7 Å². The molecule has 0 aliphatic rings. The molecule has 0 spiro atoms. The first kappa shape index (κ1) is 16.1. The predicted molar refractivity (Wildman–Crippen MR) is 89.4 cm³/mol. The van der Waals surface area contributed by atoms with Gasteiger partial charge in [-0.25, -0.2) is 18.1 Å². The van der Waals surface area contributed by atoms with E-state index >= 15 is 0 Å². The van der Waals surface area contributed by atoms with Crippen molar-refractivity contribution in [3.8, 4) is 5.69 Å². The molecule has 0 N–H and O–H groups in total. The molecule has 0 bridgehead atoms. The van der Waals surface area contributed by atoms with E-state index in [2.05, 4.69) is 10.1 Å². The van der Waals surface area contributed by atoms with Crippen LogP contribution in [0.2, 0.25) is 0 Å². The van der Waals surface area contributed by atoms with Crippen LogP contribution in [0, 0.1) is 0 Å². The van der Waals surface area contributed by atoms with E-state index in [9.17, 15) is 13.2 Å². The molecule has 3 rings (SSSR count). The SMILES string of the molecule is Cn1ccc(CS(=O)(=O)Cc2ncn(-c3ccccc3)n2)cc1=O. The zero-order valence-electron chi connectivity index (χ0n) is 13.0. The van der Waals surface area contributed by atoms with Gasteiger partial charge in [-0.05, 0) is 23.8 Å². The van der Waals surface area contributed by atoms with Gasteiger partial charge < -0.3 is 4.57 Å². The van der Waals surface area contributed by atoms with Crippen molar-refractivity contribution in [1.82, 2.24) is 19.3 Å². The largest absolute Gasteiger partial charge is 0.319 e. The third-order valence-electron chi connectivity index (χ3n) is 3.46. The monoisotopic (exact) mass is 344 g/mol. The zero-order chi connectivity index (χ0) is 17.2. The van der Waals surface area contributed by atoms with Gasteiger partial charge in [-0.1, -0.05) is 18.2 Å². The highest BCUT2D eigenvalue weighted by atomic mass is 32.2. The van der Waals surface area contributed by atoms with Crippen LogP contribution in [0.5, 0.6) is 0 Å². The minimum Gasteiger partial charge on any atom is -0.319 e. The number of rotatable bonds is 5. The van der Waals surface area contributed by atoms with E-state index in [0.717, 1.165) is 5.69 Å². The second-order valence-electron chi connectivity index (χ2n) is 5.46. The summed E-state index contributed by atoms with van der Waals surface area (Å²) < 4.78 is 27.5. The number of benzene rings is 1. The number of aromatic nitrogens is 4. The Labute approximate surface area is 139 Å². The molecule has 0 aliphatic carbocycles. The van der Waals surface area contributed by atoms with Crippen LogP contribution < -0.4 is 5.56 Å². The van der Waals surface area contributed by atoms with Crippen LogP contribution in [0.4, 0.5) is 0 Å². The van der Waals surface area contributed by atoms with Crippen LogP contribution in [0.25, 0.3) is 5.69 Å². The lowest BCUT2D eigenvalue weighted by Gasteiger charge is -2.03. The summed E-state index contributed by atoms with van der Waals surface area (Å²) in [6.07, 6.45) is 3.04. The Morgan fingerprint density at radius 1 is 1.08 bits per heavy atom. The van der Waals surface area contributed by atoms with E-state index in [0.29, 0.717) is 5.56 Å². The summed E-state index contributed by atoms with van der Waals surface area (Å²) >= 11 is 0. The summed E-state index contributed by atoms with van der Waals surface area (Å²) in [7, 11) is -1.86. The average Bonchev–Trinajstić information content (AvgIpc) is 2.99.